The Balaban J connectivity index is 1.99. The van der Waals surface area contributed by atoms with E-state index in [0.29, 0.717) is 0 Å². The van der Waals surface area contributed by atoms with Crippen molar-refractivity contribution in [3.05, 3.63) is 57.8 Å². The molecule has 0 aliphatic heterocycles. The largest absolute Gasteiger partial charge is 0.384 e. The van der Waals surface area contributed by atoms with Crippen molar-refractivity contribution >= 4 is 17.2 Å². The molecule has 3 N–H and O–H groups in total. The molecule has 3 nitrogen and oxygen atoms in total. The summed E-state index contributed by atoms with van der Waals surface area (Å²) >= 11 is 1.80. The van der Waals surface area contributed by atoms with Gasteiger partial charge in [0.15, 0.2) is 0 Å². The molecular weight excluding hydrogens is 254 g/mol. The zero-order chi connectivity index (χ0) is 13.7. The number of thiophene rings is 1. The Labute approximate surface area is 118 Å². The third-order valence-corrected chi connectivity index (χ3v) is 3.94. The highest BCUT2D eigenvalue weighted by Gasteiger charge is 2.06. The molecule has 0 unspecified atom stereocenters. The molecule has 4 heteroatoms. The lowest BCUT2D eigenvalue weighted by Gasteiger charge is -2.19. The van der Waals surface area contributed by atoms with Gasteiger partial charge in [-0.1, -0.05) is 37.3 Å². The summed E-state index contributed by atoms with van der Waals surface area (Å²) < 4.78 is 0. The Morgan fingerprint density at radius 1 is 1.21 bits per heavy atom. The van der Waals surface area contributed by atoms with Gasteiger partial charge in [0.2, 0.25) is 0 Å². The Hall–Kier alpha value is -1.65. The third kappa shape index (κ3) is 3.91. The van der Waals surface area contributed by atoms with Crippen molar-refractivity contribution in [3.63, 3.8) is 0 Å². The van der Waals surface area contributed by atoms with E-state index in [4.69, 9.17) is 11.1 Å². The van der Waals surface area contributed by atoms with Crippen molar-refractivity contribution in [2.24, 2.45) is 5.73 Å². The molecule has 1 heterocycles. The van der Waals surface area contributed by atoms with Crippen molar-refractivity contribution < 1.29 is 0 Å². The maximum atomic E-state index is 7.38. The monoisotopic (exact) mass is 273 g/mol. The van der Waals surface area contributed by atoms with Crippen LogP contribution in [0.5, 0.6) is 0 Å². The first-order valence-corrected chi connectivity index (χ1v) is 7.25. The number of nitrogens with two attached hydrogens (primary N) is 1. The zero-order valence-electron chi connectivity index (χ0n) is 11.1. The van der Waals surface area contributed by atoms with Crippen molar-refractivity contribution in [1.82, 2.24) is 4.90 Å². The number of nitrogen functional groups attached to an aromatic ring is 1. The molecule has 0 amide bonds. The van der Waals surface area contributed by atoms with Gasteiger partial charge in [0, 0.05) is 23.5 Å². The van der Waals surface area contributed by atoms with Crippen LogP contribution in [-0.2, 0) is 13.1 Å². The Morgan fingerprint density at radius 2 is 1.95 bits per heavy atom. The minimum Gasteiger partial charge on any atom is -0.384 e. The molecule has 2 rings (SSSR count). The number of nitrogens with zero attached hydrogens (tertiary/aromatic N) is 1. The van der Waals surface area contributed by atoms with Crippen LogP contribution < -0.4 is 5.73 Å². The second-order valence-electron chi connectivity index (χ2n) is 4.49. The summed E-state index contributed by atoms with van der Waals surface area (Å²) in [5.74, 6) is 0.123. The van der Waals surface area contributed by atoms with Gasteiger partial charge >= 0.3 is 0 Å². The van der Waals surface area contributed by atoms with Crippen LogP contribution in [0.1, 0.15) is 22.9 Å². The summed E-state index contributed by atoms with van der Waals surface area (Å²) in [6, 6.07) is 12.2. The molecule has 0 aliphatic carbocycles. The van der Waals surface area contributed by atoms with E-state index in [2.05, 4.69) is 29.3 Å². The van der Waals surface area contributed by atoms with Crippen molar-refractivity contribution in [2.45, 2.75) is 20.0 Å². The Bertz CT molecular complexity index is 517. The number of amidine groups is 1. The smallest absolute Gasteiger partial charge is 0.122 e. The van der Waals surface area contributed by atoms with E-state index < -0.39 is 0 Å². The average Bonchev–Trinajstić information content (AvgIpc) is 2.91. The van der Waals surface area contributed by atoms with Crippen LogP contribution in [0.15, 0.2) is 41.8 Å². The van der Waals surface area contributed by atoms with Gasteiger partial charge in [-0.15, -0.1) is 11.3 Å². The topological polar surface area (TPSA) is 53.1 Å². The van der Waals surface area contributed by atoms with Gasteiger partial charge in [-0.3, -0.25) is 10.3 Å². The second kappa shape index (κ2) is 6.50. The maximum Gasteiger partial charge on any atom is 0.122 e. The zero-order valence-corrected chi connectivity index (χ0v) is 11.9. The number of nitrogens with one attached hydrogen (secondary N) is 1. The van der Waals surface area contributed by atoms with Crippen LogP contribution in [0.4, 0.5) is 0 Å². The lowest BCUT2D eigenvalue weighted by molar-refractivity contribution is 0.274. The standard InChI is InChI=1S/C15H19N3S/c1-2-18(11-14-4-3-9-19-14)10-12-5-7-13(8-6-12)15(16)17/h3-9H,2,10-11H2,1H3,(H3,16,17). The van der Waals surface area contributed by atoms with E-state index in [1.165, 1.54) is 10.4 Å². The minimum atomic E-state index is 0.123. The molecule has 19 heavy (non-hydrogen) atoms. The molecule has 0 fully saturated rings. The molecule has 0 aliphatic rings. The van der Waals surface area contributed by atoms with Crippen LogP contribution in [0, 0.1) is 5.41 Å². The Kier molecular flexibility index (Phi) is 4.71. The maximum absolute atomic E-state index is 7.38. The highest BCUT2D eigenvalue weighted by atomic mass is 32.1. The molecular formula is C15H19N3S. The highest BCUT2D eigenvalue weighted by molar-refractivity contribution is 7.09. The summed E-state index contributed by atoms with van der Waals surface area (Å²) in [6.07, 6.45) is 0. The van der Waals surface area contributed by atoms with Gasteiger partial charge in [0.1, 0.15) is 5.84 Å². The van der Waals surface area contributed by atoms with Gasteiger partial charge in [-0.25, -0.2) is 0 Å². The van der Waals surface area contributed by atoms with E-state index in [-0.39, 0.29) is 5.84 Å². The number of hydrogen-bond acceptors (Lipinski definition) is 3. The molecule has 0 atom stereocenters. The summed E-state index contributed by atoms with van der Waals surface area (Å²) in [7, 11) is 0. The van der Waals surface area contributed by atoms with Crippen molar-refractivity contribution in [3.8, 4) is 0 Å². The van der Waals surface area contributed by atoms with E-state index in [1.54, 1.807) is 11.3 Å². The lowest BCUT2D eigenvalue weighted by Crippen LogP contribution is -2.21. The summed E-state index contributed by atoms with van der Waals surface area (Å²) in [5, 5.41) is 9.50. The van der Waals surface area contributed by atoms with E-state index in [9.17, 15) is 0 Å². The van der Waals surface area contributed by atoms with Gasteiger partial charge < -0.3 is 5.73 Å². The molecule has 1 aromatic carbocycles. The molecule has 1 aromatic heterocycles. The average molecular weight is 273 g/mol. The van der Waals surface area contributed by atoms with E-state index >= 15 is 0 Å². The van der Waals surface area contributed by atoms with Crippen LogP contribution in [0.25, 0.3) is 0 Å². The van der Waals surface area contributed by atoms with Gasteiger partial charge in [0.05, 0.1) is 0 Å². The van der Waals surface area contributed by atoms with Crippen molar-refractivity contribution in [2.75, 3.05) is 6.54 Å². The van der Waals surface area contributed by atoms with Crippen LogP contribution in [-0.4, -0.2) is 17.3 Å². The van der Waals surface area contributed by atoms with Gasteiger partial charge in [-0.2, -0.15) is 0 Å². The molecule has 0 spiro atoms. The molecule has 0 bridgehead atoms. The molecule has 0 saturated heterocycles. The first-order chi connectivity index (χ1) is 9.19. The third-order valence-electron chi connectivity index (χ3n) is 3.08. The SMILES string of the molecule is CCN(Cc1ccc(C(=N)N)cc1)Cc1cccs1. The fourth-order valence-electron chi connectivity index (χ4n) is 1.95. The molecule has 0 saturated carbocycles. The first kappa shape index (κ1) is 13.8. The minimum absolute atomic E-state index is 0.123. The highest BCUT2D eigenvalue weighted by Crippen LogP contribution is 2.14. The summed E-state index contributed by atoms with van der Waals surface area (Å²) in [5.41, 5.74) is 7.49. The van der Waals surface area contributed by atoms with Crippen LogP contribution >= 0.6 is 11.3 Å². The first-order valence-electron chi connectivity index (χ1n) is 6.37. The quantitative estimate of drug-likeness (QED) is 0.628. The number of hydrogen-bond donors (Lipinski definition) is 2. The van der Waals surface area contributed by atoms with Gasteiger partial charge in [-0.05, 0) is 23.6 Å². The normalized spacial score (nSPS) is 10.8. The fourth-order valence-corrected chi connectivity index (χ4v) is 2.70. The predicted octanol–water partition coefficient (Wildman–Crippen LogP) is 3.05. The van der Waals surface area contributed by atoms with Gasteiger partial charge in [0.25, 0.3) is 0 Å². The molecule has 100 valence electrons. The van der Waals surface area contributed by atoms with Crippen molar-refractivity contribution in [1.29, 1.82) is 5.41 Å². The predicted molar refractivity (Wildman–Crippen MR) is 81.6 cm³/mol. The second-order valence-corrected chi connectivity index (χ2v) is 5.53. The van der Waals surface area contributed by atoms with Crippen LogP contribution in [0.2, 0.25) is 0 Å². The molecule has 2 aromatic rings. The fraction of sp³-hybridized carbons (Fsp3) is 0.267. The van der Waals surface area contributed by atoms with E-state index in [1.807, 2.05) is 24.3 Å². The molecule has 0 radical (unpaired) electrons. The lowest BCUT2D eigenvalue weighted by atomic mass is 10.1. The number of rotatable bonds is 6. The number of benzene rings is 1. The summed E-state index contributed by atoms with van der Waals surface area (Å²) in [4.78, 5) is 3.79. The van der Waals surface area contributed by atoms with E-state index in [0.717, 1.165) is 25.2 Å². The summed E-state index contributed by atoms with van der Waals surface area (Å²) in [6.45, 7) is 5.11. The van der Waals surface area contributed by atoms with Crippen LogP contribution in [0.3, 0.4) is 0 Å². The Morgan fingerprint density at radius 3 is 2.47 bits per heavy atom.